The van der Waals surface area contributed by atoms with Crippen molar-refractivity contribution in [2.45, 2.75) is 24.6 Å². The molecule has 0 aliphatic heterocycles. The van der Waals surface area contributed by atoms with E-state index in [2.05, 4.69) is 5.10 Å². The van der Waals surface area contributed by atoms with Crippen LogP contribution in [0.1, 0.15) is 30.0 Å². The van der Waals surface area contributed by atoms with E-state index in [1.54, 1.807) is 4.68 Å². The Morgan fingerprint density at radius 2 is 1.94 bits per heavy atom. The predicted octanol–water partition coefficient (Wildman–Crippen LogP) is 4.80. The third-order valence-electron chi connectivity index (χ3n) is 3.13. The zero-order valence-corrected chi connectivity index (χ0v) is 11.8. The van der Waals surface area contributed by atoms with Gasteiger partial charge in [-0.05, 0) is 25.0 Å². The molecule has 0 N–H and O–H groups in total. The molecule has 0 radical (unpaired) electrons. The van der Waals surface area contributed by atoms with E-state index in [-0.39, 0.29) is 0 Å². The summed E-state index contributed by atoms with van der Waals surface area (Å²) < 4.78 is 1.69. The van der Waals surface area contributed by atoms with Gasteiger partial charge in [-0.25, -0.2) is 4.68 Å². The van der Waals surface area contributed by atoms with E-state index >= 15 is 0 Å². The summed E-state index contributed by atoms with van der Waals surface area (Å²) in [5, 5.41) is 5.79. The van der Waals surface area contributed by atoms with Crippen LogP contribution < -0.4 is 0 Å². The Hall–Kier alpha value is -0.700. The van der Waals surface area contributed by atoms with Gasteiger partial charge in [0.05, 0.1) is 22.3 Å². The minimum absolute atomic E-state index is 0.384. The van der Waals surface area contributed by atoms with Crippen molar-refractivity contribution in [1.82, 2.24) is 9.78 Å². The van der Waals surface area contributed by atoms with Gasteiger partial charge in [0.15, 0.2) is 0 Å². The molecule has 2 aromatic rings. The third kappa shape index (κ3) is 2.03. The summed E-state index contributed by atoms with van der Waals surface area (Å²) >= 11 is 18.5. The molecule has 1 aliphatic rings. The number of hydrogen-bond donors (Lipinski definition) is 0. The molecule has 1 aromatic carbocycles. The number of hydrogen-bond acceptors (Lipinski definition) is 1. The fourth-order valence-corrected chi connectivity index (χ4v) is 2.88. The Kier molecular flexibility index (Phi) is 3.27. The van der Waals surface area contributed by atoms with Gasteiger partial charge in [-0.3, -0.25) is 0 Å². The SMILES string of the molecule is ClCc1c(C2CC2)nn(-c2ccccc2Cl)c1Cl. The molecule has 94 valence electrons. The maximum Gasteiger partial charge on any atom is 0.137 e. The molecule has 5 heteroatoms. The molecule has 0 bridgehead atoms. The van der Waals surface area contributed by atoms with Crippen molar-refractivity contribution >= 4 is 34.8 Å². The van der Waals surface area contributed by atoms with Crippen molar-refractivity contribution in [3.8, 4) is 5.69 Å². The molecule has 1 aromatic heterocycles. The normalized spacial score (nSPS) is 15.1. The van der Waals surface area contributed by atoms with E-state index in [9.17, 15) is 0 Å². The number of rotatable bonds is 3. The molecular weight excluding hydrogens is 291 g/mol. The lowest BCUT2D eigenvalue weighted by atomic mass is 10.2. The minimum atomic E-state index is 0.384. The van der Waals surface area contributed by atoms with Gasteiger partial charge in [-0.1, -0.05) is 35.3 Å². The van der Waals surface area contributed by atoms with Crippen molar-refractivity contribution < 1.29 is 0 Å². The van der Waals surface area contributed by atoms with E-state index in [1.807, 2.05) is 24.3 Å². The van der Waals surface area contributed by atoms with Gasteiger partial charge >= 0.3 is 0 Å². The van der Waals surface area contributed by atoms with Gasteiger partial charge in [0, 0.05) is 11.5 Å². The highest BCUT2D eigenvalue weighted by Crippen LogP contribution is 2.43. The molecule has 2 nitrogen and oxygen atoms in total. The second kappa shape index (κ2) is 4.76. The van der Waals surface area contributed by atoms with E-state index in [4.69, 9.17) is 34.8 Å². The summed E-state index contributed by atoms with van der Waals surface area (Å²) in [5.41, 5.74) is 2.75. The molecule has 0 unspecified atom stereocenters. The number of benzene rings is 1. The van der Waals surface area contributed by atoms with Crippen LogP contribution in [0.3, 0.4) is 0 Å². The highest BCUT2D eigenvalue weighted by molar-refractivity contribution is 6.33. The number of aromatic nitrogens is 2. The quantitative estimate of drug-likeness (QED) is 0.745. The van der Waals surface area contributed by atoms with Crippen LogP contribution >= 0.6 is 34.8 Å². The Labute approximate surface area is 120 Å². The van der Waals surface area contributed by atoms with Crippen molar-refractivity contribution in [2.24, 2.45) is 0 Å². The molecule has 0 saturated heterocycles. The summed E-state index contributed by atoms with van der Waals surface area (Å²) in [5.74, 6) is 0.898. The van der Waals surface area contributed by atoms with E-state index in [0.29, 0.717) is 22.0 Å². The molecule has 1 aliphatic carbocycles. The Morgan fingerprint density at radius 3 is 2.56 bits per heavy atom. The average molecular weight is 302 g/mol. The van der Waals surface area contributed by atoms with Crippen LogP contribution in [-0.2, 0) is 5.88 Å². The van der Waals surface area contributed by atoms with Crippen LogP contribution in [0.4, 0.5) is 0 Å². The van der Waals surface area contributed by atoms with Crippen molar-refractivity contribution in [1.29, 1.82) is 0 Å². The van der Waals surface area contributed by atoms with E-state index in [0.717, 1.165) is 16.9 Å². The topological polar surface area (TPSA) is 17.8 Å². The molecule has 0 atom stereocenters. The first-order chi connectivity index (χ1) is 8.72. The average Bonchev–Trinajstić information content (AvgIpc) is 3.15. The van der Waals surface area contributed by atoms with Gasteiger partial charge < -0.3 is 0 Å². The predicted molar refractivity (Wildman–Crippen MR) is 75.1 cm³/mol. The zero-order chi connectivity index (χ0) is 12.7. The lowest BCUT2D eigenvalue weighted by molar-refractivity contribution is 0.837. The fourth-order valence-electron chi connectivity index (χ4n) is 2.04. The summed E-state index contributed by atoms with van der Waals surface area (Å²) in [4.78, 5) is 0. The van der Waals surface area contributed by atoms with Crippen LogP contribution in [0.2, 0.25) is 10.2 Å². The van der Waals surface area contributed by atoms with Crippen molar-refractivity contribution in [2.75, 3.05) is 0 Å². The standard InChI is InChI=1S/C13H11Cl3N2/c14-7-9-12(8-5-6-8)17-18(13(9)16)11-4-2-1-3-10(11)15/h1-4,8H,5-7H2. The third-order valence-corrected chi connectivity index (χ3v) is 4.11. The molecule has 18 heavy (non-hydrogen) atoms. The summed E-state index contributed by atoms with van der Waals surface area (Å²) in [6.45, 7) is 0. The molecule has 3 rings (SSSR count). The van der Waals surface area contributed by atoms with Gasteiger partial charge in [0.25, 0.3) is 0 Å². The number of halogens is 3. The number of alkyl halides is 1. The lowest BCUT2D eigenvalue weighted by Crippen LogP contribution is -1.97. The van der Waals surface area contributed by atoms with Crippen molar-refractivity contribution in [3.05, 3.63) is 45.7 Å². The van der Waals surface area contributed by atoms with Crippen LogP contribution in [0, 0.1) is 0 Å². The van der Waals surface area contributed by atoms with Crippen molar-refractivity contribution in [3.63, 3.8) is 0 Å². The largest absolute Gasteiger partial charge is 0.220 e. The molecular formula is C13H11Cl3N2. The smallest absolute Gasteiger partial charge is 0.137 e. The van der Waals surface area contributed by atoms with Gasteiger partial charge in [-0.2, -0.15) is 5.10 Å². The summed E-state index contributed by atoms with van der Waals surface area (Å²) in [6, 6.07) is 7.52. The first kappa shape index (κ1) is 12.3. The molecule has 0 spiro atoms. The van der Waals surface area contributed by atoms with Crippen LogP contribution in [0.25, 0.3) is 5.69 Å². The fraction of sp³-hybridized carbons (Fsp3) is 0.308. The van der Waals surface area contributed by atoms with Gasteiger partial charge in [-0.15, -0.1) is 11.6 Å². The first-order valence-corrected chi connectivity index (χ1v) is 7.09. The maximum atomic E-state index is 6.37. The molecule has 1 heterocycles. The molecule has 0 amide bonds. The highest BCUT2D eigenvalue weighted by atomic mass is 35.5. The van der Waals surface area contributed by atoms with E-state index in [1.165, 1.54) is 12.8 Å². The van der Waals surface area contributed by atoms with Crippen LogP contribution in [0.15, 0.2) is 24.3 Å². The maximum absolute atomic E-state index is 6.37. The Bertz CT molecular complexity index is 588. The Morgan fingerprint density at radius 1 is 1.22 bits per heavy atom. The van der Waals surface area contributed by atoms with Crippen LogP contribution in [0.5, 0.6) is 0 Å². The minimum Gasteiger partial charge on any atom is -0.220 e. The number of nitrogens with zero attached hydrogens (tertiary/aromatic N) is 2. The molecule has 1 saturated carbocycles. The molecule has 1 fully saturated rings. The summed E-state index contributed by atoms with van der Waals surface area (Å²) in [6.07, 6.45) is 2.33. The zero-order valence-electron chi connectivity index (χ0n) is 9.54. The Balaban J connectivity index is 2.15. The number of para-hydroxylation sites is 1. The van der Waals surface area contributed by atoms with Crippen LogP contribution in [-0.4, -0.2) is 9.78 Å². The van der Waals surface area contributed by atoms with Gasteiger partial charge in [0.2, 0.25) is 0 Å². The lowest BCUT2D eigenvalue weighted by Gasteiger charge is -2.05. The monoisotopic (exact) mass is 300 g/mol. The second-order valence-electron chi connectivity index (χ2n) is 4.43. The second-order valence-corrected chi connectivity index (χ2v) is 5.46. The highest BCUT2D eigenvalue weighted by Gasteiger charge is 2.31. The summed E-state index contributed by atoms with van der Waals surface area (Å²) in [7, 11) is 0. The van der Waals surface area contributed by atoms with Gasteiger partial charge in [0.1, 0.15) is 5.15 Å². The van der Waals surface area contributed by atoms with E-state index < -0.39 is 0 Å². The first-order valence-electron chi connectivity index (χ1n) is 5.80.